The van der Waals surface area contributed by atoms with Gasteiger partial charge in [-0.3, -0.25) is 15.6 Å². The molecule has 3 rings (SSSR count). The molecule has 138 valence electrons. The fourth-order valence-corrected chi connectivity index (χ4v) is 2.65. The molecule has 3 aromatic rings. The van der Waals surface area contributed by atoms with Gasteiger partial charge in [-0.25, -0.2) is 4.39 Å². The van der Waals surface area contributed by atoms with E-state index in [9.17, 15) is 9.18 Å². The van der Waals surface area contributed by atoms with Crippen LogP contribution in [-0.2, 0) is 4.79 Å². The van der Waals surface area contributed by atoms with Crippen molar-refractivity contribution in [1.29, 1.82) is 0 Å². The zero-order valence-electron chi connectivity index (χ0n) is 13.8. The van der Waals surface area contributed by atoms with Crippen molar-refractivity contribution in [2.45, 2.75) is 0 Å². The number of halogens is 1. The second-order valence-electron chi connectivity index (χ2n) is 5.24. The van der Waals surface area contributed by atoms with E-state index in [0.29, 0.717) is 11.4 Å². The molecule has 0 atom stereocenters. The molecule has 0 bridgehead atoms. The molecule has 10 heteroatoms. The number of aromatic nitrogens is 2. The Hall–Kier alpha value is -3.11. The van der Waals surface area contributed by atoms with Gasteiger partial charge in [0.2, 0.25) is 0 Å². The van der Waals surface area contributed by atoms with Gasteiger partial charge >= 0.3 is 0 Å². The Morgan fingerprint density at radius 3 is 2.52 bits per heavy atom. The molecule has 3 N–H and O–H groups in total. The lowest BCUT2D eigenvalue weighted by Crippen LogP contribution is -2.45. The highest BCUT2D eigenvalue weighted by molar-refractivity contribution is 7.80. The first-order chi connectivity index (χ1) is 13.1. The highest BCUT2D eigenvalue weighted by atomic mass is 32.1. The second-order valence-corrected chi connectivity index (χ2v) is 6.26. The molecule has 27 heavy (non-hydrogen) atoms. The molecule has 2 aromatic carbocycles. The summed E-state index contributed by atoms with van der Waals surface area (Å²) < 4.78 is 22.1. The van der Waals surface area contributed by atoms with Crippen LogP contribution in [0.15, 0.2) is 53.9 Å². The largest absolute Gasteiger partial charge is 0.484 e. The number of hydrogen-bond donors (Lipinski definition) is 3. The monoisotopic (exact) mass is 403 g/mol. The fourth-order valence-electron chi connectivity index (χ4n) is 2.02. The molecule has 0 aliphatic carbocycles. The molecule has 0 aliphatic rings. The third-order valence-corrected chi connectivity index (χ3v) is 4.01. The van der Waals surface area contributed by atoms with Crippen molar-refractivity contribution in [3.63, 3.8) is 0 Å². The van der Waals surface area contributed by atoms with E-state index in [1.165, 1.54) is 35.8 Å². The summed E-state index contributed by atoms with van der Waals surface area (Å²) in [6, 6.07) is 12.8. The quantitative estimate of drug-likeness (QED) is 0.446. The van der Waals surface area contributed by atoms with Gasteiger partial charge in [-0.05, 0) is 72.3 Å². The van der Waals surface area contributed by atoms with Crippen LogP contribution in [0.4, 0.5) is 10.1 Å². The van der Waals surface area contributed by atoms with Gasteiger partial charge in [-0.1, -0.05) is 4.49 Å². The highest BCUT2D eigenvalue weighted by Crippen LogP contribution is 2.21. The molecule has 1 amide bonds. The molecule has 1 heterocycles. The Morgan fingerprint density at radius 1 is 1.11 bits per heavy atom. The van der Waals surface area contributed by atoms with Crippen molar-refractivity contribution in [1.82, 2.24) is 20.4 Å². The van der Waals surface area contributed by atoms with Gasteiger partial charge in [0.05, 0.1) is 0 Å². The van der Waals surface area contributed by atoms with E-state index < -0.39 is 5.91 Å². The molecule has 1 aromatic heterocycles. The predicted octanol–water partition coefficient (Wildman–Crippen LogP) is 2.74. The maximum atomic E-state index is 12.8. The van der Waals surface area contributed by atoms with E-state index in [2.05, 4.69) is 25.8 Å². The lowest BCUT2D eigenvalue weighted by atomic mass is 10.2. The summed E-state index contributed by atoms with van der Waals surface area (Å²) >= 11 is 6.31. The van der Waals surface area contributed by atoms with E-state index in [1.807, 2.05) is 17.5 Å². The molecule has 0 unspecified atom stereocenters. The summed E-state index contributed by atoms with van der Waals surface area (Å²) in [6.45, 7) is -0.191. The average Bonchev–Trinajstić information content (AvgIpc) is 3.22. The third-order valence-electron chi connectivity index (χ3n) is 3.30. The van der Waals surface area contributed by atoms with Gasteiger partial charge in [-0.2, -0.15) is 0 Å². The third kappa shape index (κ3) is 5.69. The number of hydrazine groups is 1. The van der Waals surface area contributed by atoms with Crippen LogP contribution in [0.2, 0.25) is 0 Å². The number of nitrogens with one attached hydrogen (secondary N) is 3. The summed E-state index contributed by atoms with van der Waals surface area (Å²) in [4.78, 5) is 11.8. The van der Waals surface area contributed by atoms with E-state index >= 15 is 0 Å². The Kier molecular flexibility index (Phi) is 6.23. The second kappa shape index (κ2) is 9.01. The summed E-state index contributed by atoms with van der Waals surface area (Å²) in [6.07, 6.45) is 0. The number of hydrogen-bond acceptors (Lipinski definition) is 6. The van der Waals surface area contributed by atoms with Gasteiger partial charge in [0.1, 0.15) is 17.3 Å². The molecule has 0 saturated carbocycles. The van der Waals surface area contributed by atoms with E-state index in [1.54, 1.807) is 12.1 Å². The number of benzene rings is 2. The first-order valence-corrected chi connectivity index (χ1v) is 8.96. The summed E-state index contributed by atoms with van der Waals surface area (Å²) in [7, 11) is 0. The molecule has 0 aliphatic heterocycles. The summed E-state index contributed by atoms with van der Waals surface area (Å²) in [5, 5.41) is 8.80. The molecule has 7 nitrogen and oxygen atoms in total. The maximum Gasteiger partial charge on any atom is 0.276 e. The Bertz CT molecular complexity index is 902. The van der Waals surface area contributed by atoms with Gasteiger partial charge in [0.25, 0.3) is 5.91 Å². The zero-order chi connectivity index (χ0) is 19.1. The first kappa shape index (κ1) is 18.7. The fraction of sp³-hybridized carbons (Fsp3) is 0.0588. The van der Waals surface area contributed by atoms with Crippen LogP contribution in [0.25, 0.3) is 11.3 Å². The Balaban J connectivity index is 1.40. The minimum absolute atomic E-state index is 0.163. The summed E-state index contributed by atoms with van der Waals surface area (Å²) in [5.41, 5.74) is 7.25. The van der Waals surface area contributed by atoms with Crippen molar-refractivity contribution in [3.8, 4) is 17.0 Å². The lowest BCUT2D eigenvalue weighted by molar-refractivity contribution is -0.123. The average molecular weight is 403 g/mol. The van der Waals surface area contributed by atoms with Crippen LogP contribution < -0.4 is 20.9 Å². The first-order valence-electron chi connectivity index (χ1n) is 7.72. The normalized spacial score (nSPS) is 10.1. The number of anilines is 1. The summed E-state index contributed by atoms with van der Waals surface area (Å²) in [5.74, 6) is -0.212. The van der Waals surface area contributed by atoms with Crippen molar-refractivity contribution in [2.75, 3.05) is 11.9 Å². The Labute approximate surface area is 163 Å². The minimum atomic E-state index is -0.411. The van der Waals surface area contributed by atoms with Crippen molar-refractivity contribution in [2.24, 2.45) is 0 Å². The SMILES string of the molecule is O=C(COc1ccc(-c2csnn2)cc1)NNC(=S)Nc1ccc(F)cc1. The van der Waals surface area contributed by atoms with E-state index in [-0.39, 0.29) is 17.5 Å². The topological polar surface area (TPSA) is 88.2 Å². The number of carbonyl (C=O) groups excluding carboxylic acids is 1. The number of carbonyl (C=O) groups is 1. The van der Waals surface area contributed by atoms with Crippen LogP contribution in [-0.4, -0.2) is 27.2 Å². The van der Waals surface area contributed by atoms with Gasteiger partial charge in [0.15, 0.2) is 11.7 Å². The van der Waals surface area contributed by atoms with Gasteiger partial charge in [-0.15, -0.1) is 5.10 Å². The smallest absolute Gasteiger partial charge is 0.276 e. The number of ether oxygens (including phenoxy) is 1. The molecular weight excluding hydrogens is 389 g/mol. The van der Waals surface area contributed by atoms with Crippen LogP contribution >= 0.6 is 23.8 Å². The molecule has 0 radical (unpaired) electrons. The number of amides is 1. The molecule has 0 spiro atoms. The van der Waals surface area contributed by atoms with Crippen molar-refractivity contribution < 1.29 is 13.9 Å². The number of nitrogens with zero attached hydrogens (tertiary/aromatic N) is 2. The van der Waals surface area contributed by atoms with Crippen molar-refractivity contribution in [3.05, 3.63) is 59.7 Å². The maximum absolute atomic E-state index is 12.8. The van der Waals surface area contributed by atoms with Gasteiger partial charge in [0, 0.05) is 16.6 Å². The Morgan fingerprint density at radius 2 is 1.85 bits per heavy atom. The number of rotatable bonds is 5. The lowest BCUT2D eigenvalue weighted by Gasteiger charge is -2.12. The molecule has 0 saturated heterocycles. The van der Waals surface area contributed by atoms with E-state index in [4.69, 9.17) is 17.0 Å². The zero-order valence-corrected chi connectivity index (χ0v) is 15.4. The standard InChI is InChI=1S/C17H14FN5O2S2/c18-12-3-5-13(6-4-12)19-17(26)22-21-16(24)9-25-14-7-1-11(2-8-14)15-10-27-23-20-15/h1-8,10H,9H2,(H,21,24)(H2,19,22,26). The van der Waals surface area contributed by atoms with E-state index in [0.717, 1.165) is 11.3 Å². The van der Waals surface area contributed by atoms with Crippen LogP contribution in [0, 0.1) is 5.82 Å². The number of thiocarbonyl (C=S) groups is 1. The van der Waals surface area contributed by atoms with Crippen LogP contribution in [0.1, 0.15) is 0 Å². The molecule has 0 fully saturated rings. The van der Waals surface area contributed by atoms with Gasteiger partial charge < -0.3 is 10.1 Å². The molecular formula is C17H14FN5O2S2. The highest BCUT2D eigenvalue weighted by Gasteiger charge is 2.05. The van der Waals surface area contributed by atoms with Crippen molar-refractivity contribution >= 4 is 40.5 Å². The van der Waals surface area contributed by atoms with Crippen LogP contribution in [0.3, 0.4) is 0 Å². The van der Waals surface area contributed by atoms with Crippen LogP contribution in [0.5, 0.6) is 5.75 Å². The predicted molar refractivity (Wildman–Crippen MR) is 105 cm³/mol. The minimum Gasteiger partial charge on any atom is -0.484 e.